The third kappa shape index (κ3) is 2.85. The van der Waals surface area contributed by atoms with E-state index in [0.717, 1.165) is 15.6 Å². The summed E-state index contributed by atoms with van der Waals surface area (Å²) in [4.78, 5) is 10.4. The molecule has 0 fully saturated rings. The quantitative estimate of drug-likeness (QED) is 0.528. The first-order valence-corrected chi connectivity index (χ1v) is 6.98. The normalized spacial score (nSPS) is 10.5. The van der Waals surface area contributed by atoms with E-state index in [4.69, 9.17) is 0 Å². The monoisotopic (exact) mass is 343 g/mol. The van der Waals surface area contributed by atoms with E-state index in [9.17, 15) is 10.1 Å². The van der Waals surface area contributed by atoms with Crippen LogP contribution in [0.25, 0.3) is 16.8 Å². The maximum Gasteiger partial charge on any atom is 0.271 e. The molecule has 0 unspecified atom stereocenters. The standard InChI is InChI=1S/C15H10BrN3O2/c16-13-6-4-11(5-7-13)12-9-17-18(10-12)14-2-1-3-15(8-14)19(20)21/h1-10H. The lowest BCUT2D eigenvalue weighted by Crippen LogP contribution is -1.95. The van der Waals surface area contributed by atoms with E-state index in [1.165, 1.54) is 12.1 Å². The summed E-state index contributed by atoms with van der Waals surface area (Å²) in [6.45, 7) is 0. The fourth-order valence-electron chi connectivity index (χ4n) is 2.00. The highest BCUT2D eigenvalue weighted by Gasteiger charge is 2.08. The SMILES string of the molecule is O=[N+]([O-])c1cccc(-n2cc(-c3ccc(Br)cc3)cn2)c1. The summed E-state index contributed by atoms with van der Waals surface area (Å²) in [5.74, 6) is 0. The lowest BCUT2D eigenvalue weighted by Gasteiger charge is -2.00. The van der Waals surface area contributed by atoms with Crippen molar-refractivity contribution in [3.8, 4) is 16.8 Å². The fourth-order valence-corrected chi connectivity index (χ4v) is 2.27. The molecule has 0 spiro atoms. The molecule has 104 valence electrons. The Morgan fingerprint density at radius 3 is 2.57 bits per heavy atom. The molecule has 1 heterocycles. The Hall–Kier alpha value is -2.47. The van der Waals surface area contributed by atoms with Gasteiger partial charge in [0.1, 0.15) is 0 Å². The molecule has 6 heteroatoms. The van der Waals surface area contributed by atoms with Crippen LogP contribution in [0.5, 0.6) is 0 Å². The van der Waals surface area contributed by atoms with Gasteiger partial charge in [-0.15, -0.1) is 0 Å². The zero-order valence-corrected chi connectivity index (χ0v) is 12.4. The van der Waals surface area contributed by atoms with Gasteiger partial charge in [0.15, 0.2) is 0 Å². The number of nitrogens with zero attached hydrogens (tertiary/aromatic N) is 3. The van der Waals surface area contributed by atoms with Gasteiger partial charge in [-0.2, -0.15) is 5.10 Å². The maximum atomic E-state index is 10.8. The molecule has 2 aromatic carbocycles. The van der Waals surface area contributed by atoms with E-state index in [1.54, 1.807) is 23.0 Å². The molecule has 0 bridgehead atoms. The van der Waals surface area contributed by atoms with E-state index in [2.05, 4.69) is 21.0 Å². The van der Waals surface area contributed by atoms with E-state index in [1.807, 2.05) is 30.5 Å². The largest absolute Gasteiger partial charge is 0.271 e. The van der Waals surface area contributed by atoms with Crippen molar-refractivity contribution < 1.29 is 4.92 Å². The second-order valence-corrected chi connectivity index (χ2v) is 5.37. The van der Waals surface area contributed by atoms with Crippen LogP contribution in [-0.2, 0) is 0 Å². The maximum absolute atomic E-state index is 10.8. The molecule has 3 rings (SSSR count). The van der Waals surface area contributed by atoms with Crippen LogP contribution in [0.3, 0.4) is 0 Å². The van der Waals surface area contributed by atoms with Crippen LogP contribution in [0.1, 0.15) is 0 Å². The zero-order valence-electron chi connectivity index (χ0n) is 10.8. The van der Waals surface area contributed by atoms with Crippen LogP contribution in [0.15, 0.2) is 65.4 Å². The number of benzene rings is 2. The van der Waals surface area contributed by atoms with Crippen molar-refractivity contribution in [2.24, 2.45) is 0 Å². The summed E-state index contributed by atoms with van der Waals surface area (Å²) >= 11 is 3.40. The third-order valence-electron chi connectivity index (χ3n) is 3.07. The first kappa shape index (κ1) is 13.5. The van der Waals surface area contributed by atoms with Gasteiger partial charge in [0.2, 0.25) is 0 Å². The summed E-state index contributed by atoms with van der Waals surface area (Å²) in [6, 6.07) is 14.3. The third-order valence-corrected chi connectivity index (χ3v) is 3.59. The second kappa shape index (κ2) is 5.49. The van der Waals surface area contributed by atoms with Crippen molar-refractivity contribution in [3.63, 3.8) is 0 Å². The molecule has 0 atom stereocenters. The molecule has 1 aromatic heterocycles. The highest BCUT2D eigenvalue weighted by atomic mass is 79.9. The number of nitro benzene ring substituents is 1. The summed E-state index contributed by atoms with van der Waals surface area (Å²) in [7, 11) is 0. The Morgan fingerprint density at radius 2 is 1.86 bits per heavy atom. The van der Waals surface area contributed by atoms with Gasteiger partial charge in [-0.1, -0.05) is 34.1 Å². The van der Waals surface area contributed by atoms with Gasteiger partial charge in [-0.25, -0.2) is 4.68 Å². The number of nitro groups is 1. The van der Waals surface area contributed by atoms with Crippen molar-refractivity contribution >= 4 is 21.6 Å². The zero-order chi connectivity index (χ0) is 14.8. The molecule has 0 aliphatic heterocycles. The van der Waals surface area contributed by atoms with Crippen LogP contribution in [0.4, 0.5) is 5.69 Å². The molecule has 0 radical (unpaired) electrons. The minimum absolute atomic E-state index is 0.0493. The van der Waals surface area contributed by atoms with Crippen LogP contribution >= 0.6 is 15.9 Å². The average Bonchev–Trinajstić information content (AvgIpc) is 2.98. The van der Waals surface area contributed by atoms with Crippen molar-refractivity contribution in [3.05, 3.63) is 75.5 Å². The van der Waals surface area contributed by atoms with Crippen molar-refractivity contribution in [1.82, 2.24) is 9.78 Å². The number of hydrogen-bond donors (Lipinski definition) is 0. The highest BCUT2D eigenvalue weighted by molar-refractivity contribution is 9.10. The first-order chi connectivity index (χ1) is 10.1. The Morgan fingerprint density at radius 1 is 1.10 bits per heavy atom. The van der Waals surface area contributed by atoms with E-state index < -0.39 is 4.92 Å². The molecule has 3 aromatic rings. The molecule has 0 N–H and O–H groups in total. The second-order valence-electron chi connectivity index (χ2n) is 4.46. The predicted octanol–water partition coefficient (Wildman–Crippen LogP) is 4.21. The minimum Gasteiger partial charge on any atom is -0.258 e. The highest BCUT2D eigenvalue weighted by Crippen LogP contribution is 2.23. The summed E-state index contributed by atoms with van der Waals surface area (Å²) in [5, 5.41) is 15.1. The number of halogens is 1. The van der Waals surface area contributed by atoms with E-state index in [-0.39, 0.29) is 5.69 Å². The molecule has 5 nitrogen and oxygen atoms in total. The fraction of sp³-hybridized carbons (Fsp3) is 0. The Bertz CT molecular complexity index is 797. The number of aromatic nitrogens is 2. The molecule has 0 saturated carbocycles. The van der Waals surface area contributed by atoms with Gasteiger partial charge in [0, 0.05) is 28.4 Å². The predicted molar refractivity (Wildman–Crippen MR) is 83.4 cm³/mol. The van der Waals surface area contributed by atoms with Gasteiger partial charge in [-0.3, -0.25) is 10.1 Å². The molecular formula is C15H10BrN3O2. The summed E-state index contributed by atoms with van der Waals surface area (Å²) in [6.07, 6.45) is 3.59. The first-order valence-electron chi connectivity index (χ1n) is 6.19. The summed E-state index contributed by atoms with van der Waals surface area (Å²) in [5.41, 5.74) is 2.70. The van der Waals surface area contributed by atoms with E-state index >= 15 is 0 Å². The number of hydrogen-bond acceptors (Lipinski definition) is 3. The number of non-ortho nitro benzene ring substituents is 1. The molecule has 21 heavy (non-hydrogen) atoms. The molecule has 0 saturated heterocycles. The summed E-state index contributed by atoms with van der Waals surface area (Å²) < 4.78 is 2.64. The van der Waals surface area contributed by atoms with Crippen LogP contribution in [0, 0.1) is 10.1 Å². The van der Waals surface area contributed by atoms with Gasteiger partial charge >= 0.3 is 0 Å². The molecule has 0 aliphatic rings. The van der Waals surface area contributed by atoms with Crippen LogP contribution in [-0.4, -0.2) is 14.7 Å². The van der Waals surface area contributed by atoms with E-state index in [0.29, 0.717) is 5.69 Å². The topological polar surface area (TPSA) is 61.0 Å². The van der Waals surface area contributed by atoms with Crippen molar-refractivity contribution in [2.75, 3.05) is 0 Å². The number of rotatable bonds is 3. The van der Waals surface area contributed by atoms with Gasteiger partial charge in [-0.05, 0) is 23.8 Å². The minimum atomic E-state index is -0.414. The molecule has 0 aliphatic carbocycles. The molecule has 0 amide bonds. The Balaban J connectivity index is 1.96. The Labute approximate surface area is 129 Å². The molecular weight excluding hydrogens is 334 g/mol. The van der Waals surface area contributed by atoms with Gasteiger partial charge < -0.3 is 0 Å². The van der Waals surface area contributed by atoms with Crippen molar-refractivity contribution in [2.45, 2.75) is 0 Å². The van der Waals surface area contributed by atoms with Gasteiger partial charge in [0.25, 0.3) is 5.69 Å². The van der Waals surface area contributed by atoms with Crippen LogP contribution in [0.2, 0.25) is 0 Å². The van der Waals surface area contributed by atoms with Gasteiger partial charge in [0.05, 0.1) is 16.8 Å². The Kier molecular flexibility index (Phi) is 3.53. The lowest BCUT2D eigenvalue weighted by atomic mass is 10.1. The average molecular weight is 344 g/mol. The smallest absolute Gasteiger partial charge is 0.258 e. The van der Waals surface area contributed by atoms with Crippen LogP contribution < -0.4 is 0 Å². The van der Waals surface area contributed by atoms with Crippen molar-refractivity contribution in [1.29, 1.82) is 0 Å². The lowest BCUT2D eigenvalue weighted by molar-refractivity contribution is -0.384.